The zero-order valence-electron chi connectivity index (χ0n) is 13.0. The molecular weight excluding hydrogens is 316 g/mol. The Kier molecular flexibility index (Phi) is 4.36. The van der Waals surface area contributed by atoms with Gasteiger partial charge in [-0.3, -0.25) is 10.1 Å². The maximum absolute atomic E-state index is 11.0. The van der Waals surface area contributed by atoms with Crippen molar-refractivity contribution in [3.63, 3.8) is 0 Å². The number of aliphatic hydroxyl groups excluding tert-OH is 1. The van der Waals surface area contributed by atoms with Gasteiger partial charge in [-0.1, -0.05) is 17.8 Å². The summed E-state index contributed by atoms with van der Waals surface area (Å²) in [5, 5.41) is 29.4. The third kappa shape index (κ3) is 3.23. The molecule has 0 saturated heterocycles. The van der Waals surface area contributed by atoms with Gasteiger partial charge in [-0.25, -0.2) is 0 Å². The average Bonchev–Trinajstić information content (AvgIpc) is 3.28. The number of nitro benzene ring substituents is 1. The topological polar surface area (TPSA) is 94.1 Å². The molecule has 1 N–H and O–H groups in total. The molecule has 7 nitrogen and oxygen atoms in total. The molecule has 0 unspecified atom stereocenters. The molecule has 1 aliphatic rings. The largest absolute Gasteiger partial charge is 0.388 e. The van der Waals surface area contributed by atoms with Crippen LogP contribution in [0, 0.1) is 17.0 Å². The summed E-state index contributed by atoms with van der Waals surface area (Å²) in [5.41, 5.74) is 2.02. The van der Waals surface area contributed by atoms with E-state index in [0.717, 1.165) is 29.1 Å². The lowest BCUT2D eigenvalue weighted by molar-refractivity contribution is -0.384. The standard InChI is InChI=1S/C15H18N4O3S/c1-9-3-4-12(19(21)22)7-13(9)10(2)23-15-17-16-14(8-20)18(15)11-5-6-11/h3-4,7,10-11,20H,5-6,8H2,1-2H3/t10-/m0/s1. The molecule has 1 saturated carbocycles. The number of benzene rings is 1. The van der Waals surface area contributed by atoms with Gasteiger partial charge < -0.3 is 9.67 Å². The number of thioether (sulfide) groups is 1. The Morgan fingerprint density at radius 1 is 1.48 bits per heavy atom. The Balaban J connectivity index is 1.87. The maximum Gasteiger partial charge on any atom is 0.269 e. The third-order valence-corrected chi connectivity index (χ3v) is 5.08. The van der Waals surface area contributed by atoms with Crippen molar-refractivity contribution in [2.45, 2.75) is 49.7 Å². The van der Waals surface area contributed by atoms with Crippen molar-refractivity contribution in [3.05, 3.63) is 45.3 Å². The molecule has 2 aromatic rings. The van der Waals surface area contributed by atoms with Crippen molar-refractivity contribution in [2.24, 2.45) is 0 Å². The summed E-state index contributed by atoms with van der Waals surface area (Å²) >= 11 is 1.52. The minimum Gasteiger partial charge on any atom is -0.388 e. The van der Waals surface area contributed by atoms with Crippen LogP contribution in [0.3, 0.4) is 0 Å². The molecule has 0 bridgehead atoms. The van der Waals surface area contributed by atoms with E-state index in [0.29, 0.717) is 11.9 Å². The predicted octanol–water partition coefficient (Wildman–Crippen LogP) is 3.18. The van der Waals surface area contributed by atoms with Crippen LogP contribution in [-0.4, -0.2) is 24.8 Å². The monoisotopic (exact) mass is 334 g/mol. The average molecular weight is 334 g/mol. The molecule has 122 valence electrons. The van der Waals surface area contributed by atoms with Gasteiger partial charge in [-0.05, 0) is 37.8 Å². The van der Waals surface area contributed by atoms with Crippen molar-refractivity contribution in [3.8, 4) is 0 Å². The second-order valence-corrected chi connectivity index (χ2v) is 7.02. The molecule has 1 fully saturated rings. The van der Waals surface area contributed by atoms with Gasteiger partial charge in [0.15, 0.2) is 11.0 Å². The SMILES string of the molecule is Cc1ccc([N+](=O)[O-])cc1[C@H](C)Sc1nnc(CO)n1C1CC1. The summed E-state index contributed by atoms with van der Waals surface area (Å²) in [7, 11) is 0. The number of aryl methyl sites for hydroxylation is 1. The highest BCUT2D eigenvalue weighted by Gasteiger charge is 2.30. The van der Waals surface area contributed by atoms with Gasteiger partial charge in [0, 0.05) is 23.4 Å². The summed E-state index contributed by atoms with van der Waals surface area (Å²) in [4.78, 5) is 10.6. The lowest BCUT2D eigenvalue weighted by Crippen LogP contribution is -2.04. The number of hydrogen-bond donors (Lipinski definition) is 1. The van der Waals surface area contributed by atoms with E-state index in [4.69, 9.17) is 0 Å². The summed E-state index contributed by atoms with van der Waals surface area (Å²) in [6, 6.07) is 5.29. The number of non-ortho nitro benzene ring substituents is 1. The van der Waals surface area contributed by atoms with Gasteiger partial charge in [-0.2, -0.15) is 0 Å². The highest BCUT2D eigenvalue weighted by molar-refractivity contribution is 7.99. The minimum atomic E-state index is -0.378. The fourth-order valence-electron chi connectivity index (χ4n) is 2.60. The summed E-state index contributed by atoms with van der Waals surface area (Å²) in [6.45, 7) is 3.82. The first-order valence-electron chi connectivity index (χ1n) is 7.47. The van der Waals surface area contributed by atoms with E-state index >= 15 is 0 Å². The zero-order valence-corrected chi connectivity index (χ0v) is 13.8. The van der Waals surface area contributed by atoms with E-state index in [1.807, 2.05) is 18.4 Å². The van der Waals surface area contributed by atoms with E-state index in [1.54, 1.807) is 12.1 Å². The van der Waals surface area contributed by atoms with Crippen LogP contribution in [0.4, 0.5) is 5.69 Å². The molecule has 23 heavy (non-hydrogen) atoms. The molecule has 1 heterocycles. The van der Waals surface area contributed by atoms with Crippen LogP contribution in [0.25, 0.3) is 0 Å². The van der Waals surface area contributed by atoms with Crippen molar-refractivity contribution < 1.29 is 10.0 Å². The second kappa shape index (κ2) is 6.29. The fourth-order valence-corrected chi connectivity index (χ4v) is 3.75. The van der Waals surface area contributed by atoms with E-state index in [9.17, 15) is 15.2 Å². The van der Waals surface area contributed by atoms with Gasteiger partial charge in [-0.15, -0.1) is 10.2 Å². The van der Waals surface area contributed by atoms with Gasteiger partial charge in [0.2, 0.25) is 0 Å². The van der Waals surface area contributed by atoms with Crippen LogP contribution < -0.4 is 0 Å². The molecule has 8 heteroatoms. The van der Waals surface area contributed by atoms with E-state index in [2.05, 4.69) is 10.2 Å². The Hall–Kier alpha value is -1.93. The third-order valence-electron chi connectivity index (χ3n) is 3.98. The van der Waals surface area contributed by atoms with Gasteiger partial charge in [0.25, 0.3) is 5.69 Å². The molecule has 1 atom stereocenters. The van der Waals surface area contributed by atoms with Crippen LogP contribution >= 0.6 is 11.8 Å². The van der Waals surface area contributed by atoms with E-state index in [1.165, 1.54) is 17.8 Å². The van der Waals surface area contributed by atoms with Gasteiger partial charge >= 0.3 is 0 Å². The van der Waals surface area contributed by atoms with Crippen molar-refractivity contribution in [1.82, 2.24) is 14.8 Å². The summed E-state index contributed by atoms with van der Waals surface area (Å²) < 4.78 is 1.99. The summed E-state index contributed by atoms with van der Waals surface area (Å²) in [6.07, 6.45) is 2.14. The van der Waals surface area contributed by atoms with Crippen LogP contribution in [0.5, 0.6) is 0 Å². The minimum absolute atomic E-state index is 0.00291. The Morgan fingerprint density at radius 3 is 2.83 bits per heavy atom. The molecule has 0 spiro atoms. The van der Waals surface area contributed by atoms with E-state index < -0.39 is 0 Å². The molecule has 0 amide bonds. The maximum atomic E-state index is 11.0. The first-order chi connectivity index (χ1) is 11.0. The highest BCUT2D eigenvalue weighted by atomic mass is 32.2. The first-order valence-corrected chi connectivity index (χ1v) is 8.35. The van der Waals surface area contributed by atoms with E-state index in [-0.39, 0.29) is 22.5 Å². The number of hydrogen-bond acceptors (Lipinski definition) is 6. The van der Waals surface area contributed by atoms with Crippen LogP contribution in [0.15, 0.2) is 23.4 Å². The smallest absolute Gasteiger partial charge is 0.269 e. The lowest BCUT2D eigenvalue weighted by atomic mass is 10.1. The Bertz CT molecular complexity index is 742. The molecule has 0 aliphatic heterocycles. The van der Waals surface area contributed by atoms with Crippen LogP contribution in [0.2, 0.25) is 0 Å². The highest BCUT2D eigenvalue weighted by Crippen LogP contribution is 2.42. The molecular formula is C15H18N4O3S. The first kappa shape index (κ1) is 15.9. The van der Waals surface area contributed by atoms with Crippen molar-refractivity contribution in [2.75, 3.05) is 0 Å². The van der Waals surface area contributed by atoms with Crippen LogP contribution in [-0.2, 0) is 6.61 Å². The molecule has 0 radical (unpaired) electrons. The number of aromatic nitrogens is 3. The lowest BCUT2D eigenvalue weighted by Gasteiger charge is -2.15. The zero-order chi connectivity index (χ0) is 16.6. The predicted molar refractivity (Wildman–Crippen MR) is 86.3 cm³/mol. The number of nitro groups is 1. The summed E-state index contributed by atoms with van der Waals surface area (Å²) in [5.74, 6) is 0.581. The fraction of sp³-hybridized carbons (Fsp3) is 0.467. The molecule has 3 rings (SSSR count). The Morgan fingerprint density at radius 2 is 2.22 bits per heavy atom. The van der Waals surface area contributed by atoms with Crippen molar-refractivity contribution >= 4 is 17.4 Å². The number of rotatable bonds is 6. The number of nitrogens with zero attached hydrogens (tertiary/aromatic N) is 4. The quantitative estimate of drug-likeness (QED) is 0.495. The second-order valence-electron chi connectivity index (χ2n) is 5.72. The van der Waals surface area contributed by atoms with Crippen LogP contribution in [0.1, 0.15) is 48.0 Å². The van der Waals surface area contributed by atoms with Crippen molar-refractivity contribution in [1.29, 1.82) is 0 Å². The molecule has 1 aliphatic carbocycles. The molecule has 1 aromatic heterocycles. The van der Waals surface area contributed by atoms with Gasteiger partial charge in [0.05, 0.1) is 4.92 Å². The Labute approximate surface area is 137 Å². The number of aliphatic hydroxyl groups is 1. The van der Waals surface area contributed by atoms with Gasteiger partial charge in [0.1, 0.15) is 6.61 Å². The normalized spacial score (nSPS) is 15.6. The molecule has 1 aromatic carbocycles.